The maximum Gasteiger partial charge on any atom is 0.242 e. The van der Waals surface area contributed by atoms with Crippen LogP contribution in [-0.4, -0.2) is 62.4 Å². The summed E-state index contributed by atoms with van der Waals surface area (Å²) in [4.78, 5) is 27.1. The van der Waals surface area contributed by atoms with Crippen LogP contribution < -0.4 is 10.1 Å². The molecular weight excluding hydrogens is 454 g/mol. The smallest absolute Gasteiger partial charge is 0.242 e. The molecule has 1 atom stereocenters. The number of likely N-dealkylation sites (N-methyl/N-ethyl adjacent to an activating group) is 1. The number of hydrogen-bond acceptors (Lipinski definition) is 5. The third-order valence-corrected chi connectivity index (χ3v) is 6.50. The van der Waals surface area contributed by atoms with Crippen molar-refractivity contribution in [3.05, 3.63) is 64.7 Å². The van der Waals surface area contributed by atoms with E-state index in [4.69, 9.17) is 16.3 Å². The van der Waals surface area contributed by atoms with Gasteiger partial charge in [-0.2, -0.15) is 4.31 Å². The third kappa shape index (κ3) is 7.51. The van der Waals surface area contributed by atoms with Crippen LogP contribution in [0.15, 0.2) is 48.5 Å². The predicted octanol–water partition coefficient (Wildman–Crippen LogP) is 2.27. The Labute approximate surface area is 194 Å². The maximum absolute atomic E-state index is 13.0. The van der Waals surface area contributed by atoms with Gasteiger partial charge in [-0.05, 0) is 42.3 Å². The molecule has 2 amide bonds. The largest absolute Gasteiger partial charge is 0.497 e. The minimum atomic E-state index is -3.55. The van der Waals surface area contributed by atoms with E-state index in [-0.39, 0.29) is 25.5 Å². The van der Waals surface area contributed by atoms with Crippen molar-refractivity contribution in [1.82, 2.24) is 14.5 Å². The maximum atomic E-state index is 13.0. The molecule has 0 saturated carbocycles. The fourth-order valence-corrected chi connectivity index (χ4v) is 3.32. The average Bonchev–Trinajstić information content (AvgIpc) is 2.76. The number of methoxy groups -OCH3 is 1. The lowest BCUT2D eigenvalue weighted by Gasteiger charge is -2.30. The van der Waals surface area contributed by atoms with Gasteiger partial charge >= 0.3 is 0 Å². The number of hydrogen-bond donors (Lipinski definition) is 1. The molecule has 0 radical (unpaired) electrons. The molecule has 1 unspecified atom stereocenters. The Morgan fingerprint density at radius 1 is 1.06 bits per heavy atom. The Balaban J connectivity index is 2.14. The van der Waals surface area contributed by atoms with Crippen molar-refractivity contribution in [3.8, 4) is 5.75 Å². The molecule has 0 aliphatic heterocycles. The van der Waals surface area contributed by atoms with Gasteiger partial charge in [-0.3, -0.25) is 9.59 Å². The highest BCUT2D eigenvalue weighted by molar-refractivity contribution is 7.88. The van der Waals surface area contributed by atoms with Gasteiger partial charge in [0.2, 0.25) is 21.8 Å². The molecule has 0 saturated heterocycles. The lowest BCUT2D eigenvalue weighted by molar-refractivity contribution is -0.140. The van der Waals surface area contributed by atoms with Crippen LogP contribution in [-0.2, 0) is 32.7 Å². The highest BCUT2D eigenvalue weighted by atomic mass is 35.5. The Morgan fingerprint density at radius 2 is 1.62 bits per heavy atom. The fourth-order valence-electron chi connectivity index (χ4n) is 2.85. The second-order valence-corrected chi connectivity index (χ2v) is 9.93. The van der Waals surface area contributed by atoms with Gasteiger partial charge in [0.1, 0.15) is 11.8 Å². The highest BCUT2D eigenvalue weighted by Gasteiger charge is 2.28. The van der Waals surface area contributed by atoms with E-state index in [1.807, 2.05) is 12.1 Å². The molecule has 0 aromatic heterocycles. The van der Waals surface area contributed by atoms with E-state index in [2.05, 4.69) is 5.32 Å². The lowest BCUT2D eigenvalue weighted by Crippen LogP contribution is -2.50. The second-order valence-electron chi connectivity index (χ2n) is 7.41. The van der Waals surface area contributed by atoms with Crippen molar-refractivity contribution < 1.29 is 22.7 Å². The summed E-state index contributed by atoms with van der Waals surface area (Å²) in [6.07, 6.45) is 1.02. The number of sulfonamides is 1. The normalized spacial score (nSPS) is 12.3. The van der Waals surface area contributed by atoms with Gasteiger partial charge in [0, 0.05) is 25.2 Å². The molecule has 174 valence electrons. The fraction of sp³-hybridized carbons (Fsp3) is 0.364. The van der Waals surface area contributed by atoms with E-state index in [1.54, 1.807) is 50.4 Å². The summed E-state index contributed by atoms with van der Waals surface area (Å²) in [7, 11) is -0.653. The van der Waals surface area contributed by atoms with Crippen LogP contribution in [0.4, 0.5) is 0 Å². The van der Waals surface area contributed by atoms with Gasteiger partial charge in [-0.1, -0.05) is 35.9 Å². The summed E-state index contributed by atoms with van der Waals surface area (Å²) in [6.45, 7) is 1.64. The molecule has 2 aromatic rings. The molecular formula is C22H28ClN3O5S. The summed E-state index contributed by atoms with van der Waals surface area (Å²) in [6, 6.07) is 13.3. The lowest BCUT2D eigenvalue weighted by atomic mass is 10.1. The Kier molecular flexibility index (Phi) is 9.06. The molecule has 0 fully saturated rings. The Morgan fingerprint density at radius 3 is 2.16 bits per heavy atom. The molecule has 32 heavy (non-hydrogen) atoms. The molecule has 2 aromatic carbocycles. The average molecular weight is 482 g/mol. The third-order valence-electron chi connectivity index (χ3n) is 4.98. The zero-order valence-electron chi connectivity index (χ0n) is 18.5. The van der Waals surface area contributed by atoms with Crippen LogP contribution in [0.25, 0.3) is 0 Å². The van der Waals surface area contributed by atoms with Crippen molar-refractivity contribution in [2.45, 2.75) is 26.1 Å². The van der Waals surface area contributed by atoms with Crippen LogP contribution >= 0.6 is 11.6 Å². The molecule has 0 aliphatic carbocycles. The van der Waals surface area contributed by atoms with Gasteiger partial charge < -0.3 is 15.0 Å². The number of ether oxygens (including phenoxy) is 1. The van der Waals surface area contributed by atoms with E-state index in [0.29, 0.717) is 10.8 Å². The van der Waals surface area contributed by atoms with Gasteiger partial charge in [0.15, 0.2) is 0 Å². The molecule has 0 aliphatic rings. The quantitative estimate of drug-likeness (QED) is 0.561. The molecule has 10 heteroatoms. The molecule has 0 spiro atoms. The SMILES string of the molecule is COc1ccc(CNC(=O)C(C)N(Cc2ccc(Cl)cc2)C(=O)CN(C)S(C)(=O)=O)cc1. The number of benzene rings is 2. The van der Waals surface area contributed by atoms with Crippen LogP contribution in [0, 0.1) is 0 Å². The van der Waals surface area contributed by atoms with E-state index >= 15 is 0 Å². The number of nitrogens with zero attached hydrogens (tertiary/aromatic N) is 2. The van der Waals surface area contributed by atoms with Crippen LogP contribution in [0.1, 0.15) is 18.1 Å². The van der Waals surface area contributed by atoms with Gasteiger partial charge in [0.25, 0.3) is 0 Å². The van der Waals surface area contributed by atoms with E-state index in [9.17, 15) is 18.0 Å². The zero-order valence-corrected chi connectivity index (χ0v) is 20.1. The number of carbonyl (C=O) groups excluding carboxylic acids is 2. The van der Waals surface area contributed by atoms with Crippen molar-refractivity contribution in [1.29, 1.82) is 0 Å². The van der Waals surface area contributed by atoms with Crippen LogP contribution in [0.3, 0.4) is 0 Å². The van der Waals surface area contributed by atoms with Gasteiger partial charge in [-0.15, -0.1) is 0 Å². The Hall–Kier alpha value is -2.62. The number of amides is 2. The summed E-state index contributed by atoms with van der Waals surface area (Å²) in [5, 5.41) is 3.37. The van der Waals surface area contributed by atoms with Crippen molar-refractivity contribution >= 4 is 33.4 Å². The first-order valence-electron chi connectivity index (χ1n) is 9.87. The van der Waals surface area contributed by atoms with Crippen LogP contribution in [0.5, 0.6) is 5.75 Å². The summed E-state index contributed by atoms with van der Waals surface area (Å²) in [5.74, 6) is -0.131. The van der Waals surface area contributed by atoms with E-state index < -0.39 is 22.0 Å². The topological polar surface area (TPSA) is 96.0 Å². The summed E-state index contributed by atoms with van der Waals surface area (Å²) < 4.78 is 29.6. The minimum absolute atomic E-state index is 0.130. The summed E-state index contributed by atoms with van der Waals surface area (Å²) >= 11 is 5.94. The van der Waals surface area contributed by atoms with Crippen molar-refractivity contribution in [3.63, 3.8) is 0 Å². The number of nitrogens with one attached hydrogen (secondary N) is 1. The van der Waals surface area contributed by atoms with Gasteiger partial charge in [-0.25, -0.2) is 8.42 Å². The van der Waals surface area contributed by atoms with E-state index in [0.717, 1.165) is 21.7 Å². The first kappa shape index (κ1) is 25.6. The first-order chi connectivity index (χ1) is 15.0. The van der Waals surface area contributed by atoms with Crippen molar-refractivity contribution in [2.75, 3.05) is 27.0 Å². The number of rotatable bonds is 10. The monoisotopic (exact) mass is 481 g/mol. The molecule has 8 nitrogen and oxygen atoms in total. The number of halogens is 1. The highest BCUT2D eigenvalue weighted by Crippen LogP contribution is 2.15. The Bertz CT molecular complexity index is 1030. The molecule has 0 bridgehead atoms. The molecule has 0 heterocycles. The molecule has 2 rings (SSSR count). The zero-order chi connectivity index (χ0) is 23.9. The second kappa shape index (κ2) is 11.3. The van der Waals surface area contributed by atoms with Crippen molar-refractivity contribution in [2.24, 2.45) is 0 Å². The summed E-state index contributed by atoms with van der Waals surface area (Å²) in [5.41, 5.74) is 1.64. The minimum Gasteiger partial charge on any atom is -0.497 e. The molecule has 1 N–H and O–H groups in total. The van der Waals surface area contributed by atoms with E-state index in [1.165, 1.54) is 11.9 Å². The van der Waals surface area contributed by atoms with Crippen LogP contribution in [0.2, 0.25) is 5.02 Å². The standard InChI is InChI=1S/C22H28ClN3O5S/c1-16(22(28)24-13-17-7-11-20(31-3)12-8-17)26(14-18-5-9-19(23)10-6-18)21(27)15-25(2)32(4,29)30/h5-12,16H,13-15H2,1-4H3,(H,24,28). The first-order valence-corrected chi connectivity index (χ1v) is 12.1. The van der Waals surface area contributed by atoms with Gasteiger partial charge in [0.05, 0.1) is 19.9 Å². The number of carbonyl (C=O) groups is 2. The predicted molar refractivity (Wildman–Crippen MR) is 124 cm³/mol.